The molecule has 1 aromatic heterocycles. The fraction of sp³-hybridized carbons (Fsp3) is 0.452. The lowest BCUT2D eigenvalue weighted by molar-refractivity contribution is -0.132. The zero-order valence-electron chi connectivity index (χ0n) is 22.8. The second-order valence-corrected chi connectivity index (χ2v) is 10.5. The molecule has 0 bridgehead atoms. The maximum absolute atomic E-state index is 12.7. The molecule has 7 heteroatoms. The molecule has 38 heavy (non-hydrogen) atoms. The molecule has 202 valence electrons. The van der Waals surface area contributed by atoms with Crippen LogP contribution in [-0.4, -0.2) is 91.6 Å². The second kappa shape index (κ2) is 12.5. The van der Waals surface area contributed by atoms with Crippen molar-refractivity contribution < 1.29 is 9.53 Å². The highest BCUT2D eigenvalue weighted by molar-refractivity contribution is 5.87. The Bertz CT molecular complexity index is 1200. The molecule has 0 unspecified atom stereocenters. The number of fused-ring (bicyclic) bond motifs is 1. The predicted octanol–water partition coefficient (Wildman–Crippen LogP) is 4.63. The van der Waals surface area contributed by atoms with Crippen molar-refractivity contribution in [1.82, 2.24) is 19.7 Å². The van der Waals surface area contributed by atoms with E-state index in [0.29, 0.717) is 6.42 Å². The molecule has 0 aliphatic carbocycles. The summed E-state index contributed by atoms with van der Waals surface area (Å²) in [7, 11) is 1.71. The van der Waals surface area contributed by atoms with Gasteiger partial charge < -0.3 is 24.8 Å². The Balaban J connectivity index is 1.13. The highest BCUT2D eigenvalue weighted by atomic mass is 16.5. The number of carbonyl (C=O) groups is 1. The van der Waals surface area contributed by atoms with Gasteiger partial charge in [-0.15, -0.1) is 0 Å². The Morgan fingerprint density at radius 1 is 1.00 bits per heavy atom. The molecule has 0 saturated carbocycles. The van der Waals surface area contributed by atoms with Crippen LogP contribution in [0.2, 0.25) is 0 Å². The number of aromatic nitrogens is 1. The number of H-pyrrole nitrogens is 1. The van der Waals surface area contributed by atoms with Gasteiger partial charge >= 0.3 is 0 Å². The number of para-hydroxylation sites is 1. The summed E-state index contributed by atoms with van der Waals surface area (Å²) in [4.78, 5) is 23.2. The van der Waals surface area contributed by atoms with Crippen LogP contribution in [0.25, 0.3) is 17.2 Å². The lowest BCUT2D eigenvalue weighted by atomic mass is 9.96. The van der Waals surface area contributed by atoms with Gasteiger partial charge in [-0.25, -0.2) is 0 Å². The number of rotatable bonds is 9. The first-order chi connectivity index (χ1) is 18.6. The topological polar surface area (TPSA) is 63.8 Å². The van der Waals surface area contributed by atoms with E-state index in [9.17, 15) is 4.79 Å². The molecule has 5 rings (SSSR count). The van der Waals surface area contributed by atoms with Crippen molar-refractivity contribution >= 4 is 17.8 Å². The van der Waals surface area contributed by atoms with Crippen molar-refractivity contribution in [2.75, 3.05) is 71.3 Å². The first kappa shape index (κ1) is 26.3. The van der Waals surface area contributed by atoms with Gasteiger partial charge in [0.05, 0.1) is 7.11 Å². The highest BCUT2D eigenvalue weighted by Crippen LogP contribution is 2.38. The van der Waals surface area contributed by atoms with Crippen molar-refractivity contribution in [3.8, 4) is 16.9 Å². The molecule has 4 heterocycles. The van der Waals surface area contributed by atoms with Crippen LogP contribution in [0.3, 0.4) is 0 Å². The number of nitrogens with zero attached hydrogens (tertiary/aromatic N) is 3. The summed E-state index contributed by atoms with van der Waals surface area (Å²) >= 11 is 0. The number of methoxy groups -OCH3 is 1. The minimum Gasteiger partial charge on any atom is -0.496 e. The molecule has 3 aliphatic heterocycles. The van der Waals surface area contributed by atoms with E-state index in [1.165, 1.54) is 43.6 Å². The average molecular weight is 516 g/mol. The lowest BCUT2D eigenvalue weighted by Gasteiger charge is -2.35. The largest absolute Gasteiger partial charge is 0.496 e. The predicted molar refractivity (Wildman–Crippen MR) is 155 cm³/mol. The van der Waals surface area contributed by atoms with E-state index in [0.717, 1.165) is 67.5 Å². The summed E-state index contributed by atoms with van der Waals surface area (Å²) in [6, 6.07) is 8.09. The molecule has 0 spiro atoms. The van der Waals surface area contributed by atoms with Gasteiger partial charge in [0, 0.05) is 75.1 Å². The zero-order chi connectivity index (χ0) is 26.3. The van der Waals surface area contributed by atoms with Gasteiger partial charge in [0.1, 0.15) is 11.6 Å². The van der Waals surface area contributed by atoms with Crippen LogP contribution in [0, 0.1) is 0 Å². The van der Waals surface area contributed by atoms with E-state index in [2.05, 4.69) is 45.2 Å². The smallest absolute Gasteiger partial charge is 0.226 e. The van der Waals surface area contributed by atoms with Crippen LogP contribution in [0.1, 0.15) is 31.7 Å². The summed E-state index contributed by atoms with van der Waals surface area (Å²) in [5, 5.41) is 3.50. The zero-order valence-corrected chi connectivity index (χ0v) is 22.8. The number of anilines is 1. The molecule has 0 atom stereocenters. The van der Waals surface area contributed by atoms with Gasteiger partial charge in [0.2, 0.25) is 5.91 Å². The van der Waals surface area contributed by atoms with Gasteiger partial charge in [-0.2, -0.15) is 0 Å². The average Bonchev–Trinajstić information content (AvgIpc) is 3.64. The number of nitrogens with one attached hydrogen (secondary N) is 2. The van der Waals surface area contributed by atoms with Gasteiger partial charge in [-0.05, 0) is 56.1 Å². The molecular weight excluding hydrogens is 474 g/mol. The number of ether oxygens (including phenoxy) is 1. The van der Waals surface area contributed by atoms with E-state index in [1.54, 1.807) is 7.11 Å². The quantitative estimate of drug-likeness (QED) is 0.477. The van der Waals surface area contributed by atoms with Gasteiger partial charge in [-0.3, -0.25) is 9.69 Å². The monoisotopic (exact) mass is 515 g/mol. The van der Waals surface area contributed by atoms with Crippen LogP contribution >= 0.6 is 0 Å². The first-order valence-electron chi connectivity index (χ1n) is 14.0. The van der Waals surface area contributed by atoms with E-state index in [1.807, 2.05) is 41.4 Å². The number of allylic oxidation sites excluding steroid dienone is 2. The summed E-state index contributed by atoms with van der Waals surface area (Å²) in [6.07, 6.45) is 13.5. The number of carbonyl (C=O) groups excluding carboxylic acids is 1. The summed E-state index contributed by atoms with van der Waals surface area (Å²) in [5.74, 6) is 2.11. The number of aromatic amines is 1. The molecule has 2 fully saturated rings. The van der Waals surface area contributed by atoms with Gasteiger partial charge in [-0.1, -0.05) is 36.4 Å². The molecule has 2 N–H and O–H groups in total. The van der Waals surface area contributed by atoms with Gasteiger partial charge in [0.15, 0.2) is 0 Å². The Kier molecular flexibility index (Phi) is 8.66. The standard InChI is InChI=1S/C31H41N5O2/c1-24(25-21-27-28(23-33-31(27)32-22-25)26-10-4-5-11-29(26)38-2)9-3-6-12-30(37)36-19-17-35(18-20-36)16-15-34-13-7-8-14-34/h3-6,9-11,21,23,32-33H,7-8,12-20,22H2,1-2H3/b6-3-,24-9+. The lowest BCUT2D eigenvalue weighted by Crippen LogP contribution is -2.50. The Morgan fingerprint density at radius 3 is 2.50 bits per heavy atom. The minimum absolute atomic E-state index is 0.225. The molecular formula is C31H41N5O2. The van der Waals surface area contributed by atoms with E-state index >= 15 is 0 Å². The van der Waals surface area contributed by atoms with E-state index < -0.39 is 0 Å². The maximum Gasteiger partial charge on any atom is 0.226 e. The van der Waals surface area contributed by atoms with E-state index in [4.69, 9.17) is 4.74 Å². The summed E-state index contributed by atoms with van der Waals surface area (Å²) in [6.45, 7) is 11.3. The molecule has 0 radical (unpaired) electrons. The number of amides is 1. The fourth-order valence-electron chi connectivity index (χ4n) is 5.61. The number of hydrogen-bond acceptors (Lipinski definition) is 5. The summed E-state index contributed by atoms with van der Waals surface area (Å²) < 4.78 is 5.59. The highest BCUT2D eigenvalue weighted by Gasteiger charge is 2.21. The molecule has 7 nitrogen and oxygen atoms in total. The van der Waals surface area contributed by atoms with Crippen molar-refractivity contribution in [3.05, 3.63) is 65.4 Å². The third-order valence-electron chi connectivity index (χ3n) is 8.03. The Morgan fingerprint density at radius 2 is 1.74 bits per heavy atom. The van der Waals surface area contributed by atoms with Crippen LogP contribution in [0.4, 0.5) is 5.82 Å². The summed E-state index contributed by atoms with van der Waals surface area (Å²) in [5.41, 5.74) is 5.74. The number of likely N-dealkylation sites (tertiary alicyclic amines) is 1. The van der Waals surface area contributed by atoms with Crippen molar-refractivity contribution in [2.24, 2.45) is 0 Å². The number of piperazine rings is 1. The molecule has 2 saturated heterocycles. The van der Waals surface area contributed by atoms with Crippen LogP contribution in [0.15, 0.2) is 59.8 Å². The Hall–Kier alpha value is -3.29. The molecule has 3 aliphatic rings. The van der Waals surface area contributed by atoms with Crippen LogP contribution in [-0.2, 0) is 4.79 Å². The van der Waals surface area contributed by atoms with Gasteiger partial charge in [0.25, 0.3) is 0 Å². The molecule has 1 aromatic carbocycles. The normalized spacial score (nSPS) is 18.9. The third kappa shape index (κ3) is 6.22. The van der Waals surface area contributed by atoms with Crippen LogP contribution in [0.5, 0.6) is 5.75 Å². The Labute approximate surface area is 226 Å². The molecule has 1 amide bonds. The molecule has 2 aromatic rings. The van der Waals surface area contributed by atoms with Crippen LogP contribution < -0.4 is 10.1 Å². The first-order valence-corrected chi connectivity index (χ1v) is 14.0. The maximum atomic E-state index is 12.7. The fourth-order valence-corrected chi connectivity index (χ4v) is 5.61. The third-order valence-corrected chi connectivity index (χ3v) is 8.03. The van der Waals surface area contributed by atoms with Crippen molar-refractivity contribution in [3.63, 3.8) is 0 Å². The minimum atomic E-state index is 0.225. The number of hydrogen-bond donors (Lipinski definition) is 2. The second-order valence-electron chi connectivity index (χ2n) is 10.5. The van der Waals surface area contributed by atoms with Crippen molar-refractivity contribution in [2.45, 2.75) is 26.2 Å². The number of benzene rings is 1. The van der Waals surface area contributed by atoms with E-state index in [-0.39, 0.29) is 5.91 Å². The SMILES string of the molecule is COc1ccccc1-c1c[nH]c2c1C=C(/C(C)=C/C=C\CC(=O)N1CCN(CCN3CCCC3)CC1)CN2. The van der Waals surface area contributed by atoms with Crippen molar-refractivity contribution in [1.29, 1.82) is 0 Å².